The molecule has 3 heteroatoms. The van der Waals surface area contributed by atoms with Crippen molar-refractivity contribution in [2.45, 2.75) is 6.92 Å². The van der Waals surface area contributed by atoms with Crippen LogP contribution in [-0.4, -0.2) is 5.78 Å². The first-order valence-corrected chi connectivity index (χ1v) is 5.94. The highest BCUT2D eigenvalue weighted by molar-refractivity contribution is 9.10. The van der Waals surface area contributed by atoms with E-state index in [1.807, 2.05) is 19.1 Å². The van der Waals surface area contributed by atoms with Crippen LogP contribution in [0.15, 0.2) is 46.9 Å². The Hall–Kier alpha value is -1.48. The molecule has 86 valence electrons. The lowest BCUT2D eigenvalue weighted by atomic mass is 10.0. The molecule has 1 nitrogen and oxygen atoms in total. The number of rotatable bonds is 2. The van der Waals surface area contributed by atoms with Crippen molar-refractivity contribution < 1.29 is 9.18 Å². The van der Waals surface area contributed by atoms with Gasteiger partial charge in [-0.2, -0.15) is 0 Å². The molecule has 0 heterocycles. The van der Waals surface area contributed by atoms with Crippen molar-refractivity contribution in [2.75, 3.05) is 0 Å². The van der Waals surface area contributed by atoms with Crippen LogP contribution in [0.3, 0.4) is 0 Å². The topological polar surface area (TPSA) is 17.1 Å². The Bertz CT molecular complexity index is 578. The van der Waals surface area contributed by atoms with Gasteiger partial charge in [-0.1, -0.05) is 24.3 Å². The van der Waals surface area contributed by atoms with E-state index in [0.717, 1.165) is 10.0 Å². The van der Waals surface area contributed by atoms with Gasteiger partial charge in [0.1, 0.15) is 5.82 Å². The average Bonchev–Trinajstić information content (AvgIpc) is 2.32. The van der Waals surface area contributed by atoms with Gasteiger partial charge in [-0.25, -0.2) is 4.39 Å². The number of ketones is 1. The van der Waals surface area contributed by atoms with E-state index in [0.29, 0.717) is 11.1 Å². The summed E-state index contributed by atoms with van der Waals surface area (Å²) in [5, 5.41) is 0. The van der Waals surface area contributed by atoms with Crippen LogP contribution < -0.4 is 0 Å². The fraction of sp³-hybridized carbons (Fsp3) is 0.0714. The molecule has 2 aromatic carbocycles. The molecule has 17 heavy (non-hydrogen) atoms. The summed E-state index contributed by atoms with van der Waals surface area (Å²) in [4.78, 5) is 12.2. The van der Waals surface area contributed by atoms with Crippen LogP contribution in [0.4, 0.5) is 4.39 Å². The van der Waals surface area contributed by atoms with Crippen molar-refractivity contribution in [1.82, 2.24) is 0 Å². The van der Waals surface area contributed by atoms with Crippen molar-refractivity contribution >= 4 is 21.7 Å². The Morgan fingerprint density at radius 2 is 1.88 bits per heavy atom. The first kappa shape index (κ1) is 12.0. The van der Waals surface area contributed by atoms with Gasteiger partial charge in [-0.15, -0.1) is 0 Å². The first-order chi connectivity index (χ1) is 8.09. The number of hydrogen-bond acceptors (Lipinski definition) is 1. The summed E-state index contributed by atoms with van der Waals surface area (Å²) in [6.45, 7) is 1.91. The molecular formula is C14H10BrFO. The van der Waals surface area contributed by atoms with Crippen LogP contribution in [0.2, 0.25) is 0 Å². The van der Waals surface area contributed by atoms with Crippen LogP contribution >= 0.6 is 15.9 Å². The molecule has 2 rings (SSSR count). The molecule has 0 bridgehead atoms. The molecule has 0 fully saturated rings. The van der Waals surface area contributed by atoms with E-state index >= 15 is 0 Å². The van der Waals surface area contributed by atoms with Crippen LogP contribution in [0.1, 0.15) is 21.5 Å². The highest BCUT2D eigenvalue weighted by Crippen LogP contribution is 2.23. The quantitative estimate of drug-likeness (QED) is 0.761. The molecule has 2 aromatic rings. The third-order valence-corrected chi connectivity index (χ3v) is 3.58. The van der Waals surface area contributed by atoms with Crippen LogP contribution in [-0.2, 0) is 0 Å². The van der Waals surface area contributed by atoms with Gasteiger partial charge in [0.05, 0.1) is 0 Å². The monoisotopic (exact) mass is 292 g/mol. The average molecular weight is 293 g/mol. The molecule has 0 unspecified atom stereocenters. The fourth-order valence-electron chi connectivity index (χ4n) is 1.61. The number of halogens is 2. The maximum absolute atomic E-state index is 13.1. The smallest absolute Gasteiger partial charge is 0.194 e. The highest BCUT2D eigenvalue weighted by atomic mass is 79.9. The molecule has 0 saturated heterocycles. The summed E-state index contributed by atoms with van der Waals surface area (Å²) < 4.78 is 13.8. The first-order valence-electron chi connectivity index (χ1n) is 5.15. The Balaban J connectivity index is 2.48. The van der Waals surface area contributed by atoms with Crippen molar-refractivity contribution in [1.29, 1.82) is 0 Å². The van der Waals surface area contributed by atoms with Gasteiger partial charge >= 0.3 is 0 Å². The predicted octanol–water partition coefficient (Wildman–Crippen LogP) is 4.13. The molecule has 0 N–H and O–H groups in total. The van der Waals surface area contributed by atoms with Gasteiger partial charge in [0.15, 0.2) is 5.78 Å². The lowest BCUT2D eigenvalue weighted by molar-refractivity contribution is 0.103. The number of aryl methyl sites for hydroxylation is 1. The zero-order valence-electron chi connectivity index (χ0n) is 9.21. The lowest BCUT2D eigenvalue weighted by Crippen LogP contribution is -2.03. The molecule has 0 atom stereocenters. The summed E-state index contributed by atoms with van der Waals surface area (Å²) in [5.74, 6) is -0.584. The van der Waals surface area contributed by atoms with E-state index in [4.69, 9.17) is 0 Å². The largest absolute Gasteiger partial charge is 0.289 e. The number of benzene rings is 2. The molecule has 0 aliphatic rings. The van der Waals surface area contributed by atoms with Crippen LogP contribution in [0.5, 0.6) is 0 Å². The van der Waals surface area contributed by atoms with Crippen LogP contribution in [0.25, 0.3) is 0 Å². The van der Waals surface area contributed by atoms with Crippen molar-refractivity contribution in [2.24, 2.45) is 0 Å². The van der Waals surface area contributed by atoms with E-state index in [-0.39, 0.29) is 5.78 Å². The Morgan fingerprint density at radius 1 is 1.18 bits per heavy atom. The number of hydrogen-bond donors (Lipinski definition) is 0. The molecule has 0 saturated carbocycles. The van der Waals surface area contributed by atoms with Gasteiger partial charge in [0.25, 0.3) is 0 Å². The van der Waals surface area contributed by atoms with Gasteiger partial charge in [-0.3, -0.25) is 4.79 Å². The lowest BCUT2D eigenvalue weighted by Gasteiger charge is -2.06. The maximum Gasteiger partial charge on any atom is 0.194 e. The summed E-state index contributed by atoms with van der Waals surface area (Å²) in [5.41, 5.74) is 1.89. The summed E-state index contributed by atoms with van der Waals surface area (Å²) in [6, 6.07) is 11.2. The van der Waals surface area contributed by atoms with Crippen molar-refractivity contribution in [3.63, 3.8) is 0 Å². The molecule has 0 radical (unpaired) electrons. The second-order valence-corrected chi connectivity index (χ2v) is 4.57. The second-order valence-electron chi connectivity index (χ2n) is 3.78. The van der Waals surface area contributed by atoms with Gasteiger partial charge < -0.3 is 0 Å². The summed E-state index contributed by atoms with van der Waals surface area (Å²) >= 11 is 3.38. The predicted molar refractivity (Wildman–Crippen MR) is 68.7 cm³/mol. The summed E-state index contributed by atoms with van der Waals surface area (Å²) in [6.07, 6.45) is 0. The zero-order chi connectivity index (χ0) is 12.4. The molecule has 0 aliphatic heterocycles. The normalized spacial score (nSPS) is 10.3. The minimum atomic E-state index is -0.403. The van der Waals surface area contributed by atoms with E-state index in [2.05, 4.69) is 15.9 Å². The van der Waals surface area contributed by atoms with E-state index in [1.165, 1.54) is 18.2 Å². The van der Waals surface area contributed by atoms with Gasteiger partial charge in [0, 0.05) is 15.6 Å². The molecule has 0 aromatic heterocycles. The molecule has 0 amide bonds. The molecule has 0 spiro atoms. The Kier molecular flexibility index (Phi) is 3.38. The molecule has 0 aliphatic carbocycles. The summed E-state index contributed by atoms with van der Waals surface area (Å²) in [7, 11) is 0. The Morgan fingerprint density at radius 3 is 2.59 bits per heavy atom. The SMILES string of the molecule is Cc1cccc(C(=O)c2cccc(F)c2)c1Br. The van der Waals surface area contributed by atoms with E-state index in [9.17, 15) is 9.18 Å². The third kappa shape index (κ3) is 2.44. The zero-order valence-corrected chi connectivity index (χ0v) is 10.8. The Labute approximate surface area is 107 Å². The minimum Gasteiger partial charge on any atom is -0.289 e. The highest BCUT2D eigenvalue weighted by Gasteiger charge is 2.13. The van der Waals surface area contributed by atoms with Gasteiger partial charge in [-0.05, 0) is 46.6 Å². The third-order valence-electron chi connectivity index (χ3n) is 2.52. The van der Waals surface area contributed by atoms with E-state index in [1.54, 1.807) is 12.1 Å². The van der Waals surface area contributed by atoms with Gasteiger partial charge in [0.2, 0.25) is 0 Å². The van der Waals surface area contributed by atoms with E-state index < -0.39 is 5.82 Å². The van der Waals surface area contributed by atoms with Crippen molar-refractivity contribution in [3.05, 3.63) is 69.4 Å². The number of carbonyl (C=O) groups is 1. The van der Waals surface area contributed by atoms with Crippen molar-refractivity contribution in [3.8, 4) is 0 Å². The number of carbonyl (C=O) groups excluding carboxylic acids is 1. The fourth-order valence-corrected chi connectivity index (χ4v) is 2.05. The standard InChI is InChI=1S/C14H10BrFO/c1-9-4-2-7-12(13(9)15)14(17)10-5-3-6-11(16)8-10/h2-8H,1H3. The minimum absolute atomic E-state index is 0.180. The van der Waals surface area contributed by atoms with Crippen LogP contribution in [0, 0.1) is 12.7 Å². The maximum atomic E-state index is 13.1. The second kappa shape index (κ2) is 4.80. The molecular weight excluding hydrogens is 283 g/mol.